The molecule has 0 aliphatic heterocycles. The van der Waals surface area contributed by atoms with Crippen LogP contribution in [0.5, 0.6) is 0 Å². The second-order valence-electron chi connectivity index (χ2n) is 9.50. The molecule has 0 fully saturated rings. The van der Waals surface area contributed by atoms with Gasteiger partial charge in [-0.3, -0.25) is 13.9 Å². The summed E-state index contributed by atoms with van der Waals surface area (Å²) in [6.45, 7) is 7.14. The highest BCUT2D eigenvalue weighted by Crippen LogP contribution is 2.29. The van der Waals surface area contributed by atoms with Gasteiger partial charge in [-0.05, 0) is 68.1 Å². The summed E-state index contributed by atoms with van der Waals surface area (Å²) in [5.41, 5.74) is 1.78. The first-order chi connectivity index (χ1) is 18.6. The van der Waals surface area contributed by atoms with Gasteiger partial charge < -0.3 is 10.2 Å². The Balaban J connectivity index is 2.07. The molecule has 2 atom stereocenters. The highest BCUT2D eigenvalue weighted by Gasteiger charge is 2.34. The Morgan fingerprint density at radius 3 is 2.10 bits per heavy atom. The van der Waals surface area contributed by atoms with Crippen molar-refractivity contribution in [2.24, 2.45) is 0 Å². The standard InChI is InChI=1S/C30H36ClN3O4S/c1-5-23(4)32-30(36)27(6-2)33(20-24-13-9-7-10-14-24)29(35)21-34(28-18-17-25(31)19-22(28)3)39(37,38)26-15-11-8-12-16-26/h7-19,23,27H,5-6,20-21H2,1-4H3,(H,32,36)/t23-,27+/m0/s1. The molecule has 0 heterocycles. The summed E-state index contributed by atoms with van der Waals surface area (Å²) < 4.78 is 28.9. The third kappa shape index (κ3) is 7.61. The fraction of sp³-hybridized carbons (Fsp3) is 0.333. The van der Waals surface area contributed by atoms with E-state index in [0.29, 0.717) is 22.7 Å². The lowest BCUT2D eigenvalue weighted by Crippen LogP contribution is -2.53. The minimum absolute atomic E-state index is 0.0586. The average Bonchev–Trinajstić information content (AvgIpc) is 2.92. The van der Waals surface area contributed by atoms with Gasteiger partial charge in [0.2, 0.25) is 11.8 Å². The summed E-state index contributed by atoms with van der Waals surface area (Å²) in [4.78, 5) is 28.9. The largest absolute Gasteiger partial charge is 0.352 e. The first-order valence-corrected chi connectivity index (χ1v) is 14.9. The van der Waals surface area contributed by atoms with Gasteiger partial charge in [0, 0.05) is 17.6 Å². The van der Waals surface area contributed by atoms with Crippen LogP contribution in [0.1, 0.15) is 44.7 Å². The normalized spacial score (nSPS) is 12.8. The van der Waals surface area contributed by atoms with E-state index in [1.54, 1.807) is 43.3 Å². The molecule has 0 aromatic heterocycles. The topological polar surface area (TPSA) is 86.8 Å². The molecule has 0 saturated carbocycles. The van der Waals surface area contributed by atoms with Crippen LogP contribution in [-0.2, 0) is 26.2 Å². The number of sulfonamides is 1. The van der Waals surface area contributed by atoms with Crippen molar-refractivity contribution in [1.82, 2.24) is 10.2 Å². The van der Waals surface area contributed by atoms with Gasteiger partial charge in [-0.25, -0.2) is 8.42 Å². The van der Waals surface area contributed by atoms with Crippen LogP contribution in [0.3, 0.4) is 0 Å². The lowest BCUT2D eigenvalue weighted by molar-refractivity contribution is -0.140. The Bertz CT molecular complexity index is 1370. The number of hydrogen-bond acceptors (Lipinski definition) is 4. The average molecular weight is 570 g/mol. The van der Waals surface area contributed by atoms with E-state index in [-0.39, 0.29) is 23.4 Å². The Morgan fingerprint density at radius 2 is 1.54 bits per heavy atom. The number of nitrogens with zero attached hydrogens (tertiary/aromatic N) is 2. The summed E-state index contributed by atoms with van der Waals surface area (Å²) >= 11 is 6.16. The van der Waals surface area contributed by atoms with Gasteiger partial charge in [0.1, 0.15) is 12.6 Å². The van der Waals surface area contributed by atoms with Gasteiger partial charge in [0.05, 0.1) is 10.6 Å². The van der Waals surface area contributed by atoms with E-state index >= 15 is 0 Å². The second kappa shape index (κ2) is 13.6. The van der Waals surface area contributed by atoms with Gasteiger partial charge in [-0.1, -0.05) is 74.0 Å². The summed E-state index contributed by atoms with van der Waals surface area (Å²) in [6, 6.07) is 21.3. The Hall–Kier alpha value is -3.36. The van der Waals surface area contributed by atoms with E-state index in [2.05, 4.69) is 5.32 Å². The quantitative estimate of drug-likeness (QED) is 0.309. The smallest absolute Gasteiger partial charge is 0.264 e. The van der Waals surface area contributed by atoms with Gasteiger partial charge in [-0.15, -0.1) is 0 Å². The number of amides is 2. The molecule has 0 saturated heterocycles. The van der Waals surface area contributed by atoms with Crippen molar-refractivity contribution in [3.05, 3.63) is 95.0 Å². The monoisotopic (exact) mass is 569 g/mol. The first-order valence-electron chi connectivity index (χ1n) is 13.1. The van der Waals surface area contributed by atoms with Crippen LogP contribution >= 0.6 is 11.6 Å². The number of aryl methyl sites for hydroxylation is 1. The van der Waals surface area contributed by atoms with Crippen LogP contribution in [0, 0.1) is 6.92 Å². The highest BCUT2D eigenvalue weighted by atomic mass is 35.5. The SMILES string of the molecule is CC[C@H](C(=O)N[C@@H](C)CC)N(Cc1ccccc1)C(=O)CN(c1ccc(Cl)cc1C)S(=O)(=O)c1ccccc1. The number of rotatable bonds is 12. The van der Waals surface area contributed by atoms with Gasteiger partial charge >= 0.3 is 0 Å². The fourth-order valence-corrected chi connectivity index (χ4v) is 6.00. The zero-order valence-corrected chi connectivity index (χ0v) is 24.4. The maximum atomic E-state index is 14.1. The molecule has 1 N–H and O–H groups in total. The van der Waals surface area contributed by atoms with Gasteiger partial charge in [-0.2, -0.15) is 0 Å². The molecule has 2 amide bonds. The molecule has 0 bridgehead atoms. The van der Waals surface area contributed by atoms with Crippen molar-refractivity contribution < 1.29 is 18.0 Å². The van der Waals surface area contributed by atoms with Crippen LogP contribution < -0.4 is 9.62 Å². The molecule has 0 radical (unpaired) electrons. The molecule has 0 aliphatic rings. The van der Waals surface area contributed by atoms with Crippen molar-refractivity contribution >= 4 is 39.1 Å². The van der Waals surface area contributed by atoms with E-state index in [0.717, 1.165) is 16.3 Å². The lowest BCUT2D eigenvalue weighted by Gasteiger charge is -2.34. The van der Waals surface area contributed by atoms with E-state index in [1.807, 2.05) is 51.1 Å². The van der Waals surface area contributed by atoms with Crippen molar-refractivity contribution in [2.75, 3.05) is 10.8 Å². The molecular weight excluding hydrogens is 534 g/mol. The number of hydrogen-bond donors (Lipinski definition) is 1. The summed E-state index contributed by atoms with van der Waals surface area (Å²) in [5, 5.41) is 3.44. The third-order valence-electron chi connectivity index (χ3n) is 6.62. The van der Waals surface area contributed by atoms with Crippen molar-refractivity contribution in [3.8, 4) is 0 Å². The molecule has 0 unspecified atom stereocenters. The van der Waals surface area contributed by atoms with Crippen molar-refractivity contribution in [3.63, 3.8) is 0 Å². The molecular formula is C30H36ClN3O4S. The molecule has 3 aromatic carbocycles. The molecule has 39 heavy (non-hydrogen) atoms. The highest BCUT2D eigenvalue weighted by molar-refractivity contribution is 7.92. The number of carbonyl (C=O) groups excluding carboxylic acids is 2. The first kappa shape index (κ1) is 30.2. The fourth-order valence-electron chi connectivity index (χ4n) is 4.27. The number of benzene rings is 3. The van der Waals surface area contributed by atoms with Crippen molar-refractivity contribution in [1.29, 1.82) is 0 Å². The second-order valence-corrected chi connectivity index (χ2v) is 11.8. The van der Waals surface area contributed by atoms with Gasteiger partial charge in [0.15, 0.2) is 0 Å². The molecule has 9 heteroatoms. The summed E-state index contributed by atoms with van der Waals surface area (Å²) in [5.74, 6) is -0.755. The predicted octanol–water partition coefficient (Wildman–Crippen LogP) is 5.57. The molecule has 0 aliphatic carbocycles. The maximum Gasteiger partial charge on any atom is 0.264 e. The Labute approximate surface area is 236 Å². The van der Waals surface area contributed by atoms with E-state index in [1.165, 1.54) is 17.0 Å². The number of carbonyl (C=O) groups is 2. The number of nitrogens with one attached hydrogen (secondary N) is 1. The predicted molar refractivity (Wildman–Crippen MR) is 156 cm³/mol. The summed E-state index contributed by atoms with van der Waals surface area (Å²) in [7, 11) is -4.12. The van der Waals surface area contributed by atoms with E-state index in [4.69, 9.17) is 11.6 Å². The maximum absolute atomic E-state index is 14.1. The van der Waals surface area contributed by atoms with E-state index < -0.39 is 28.5 Å². The van der Waals surface area contributed by atoms with E-state index in [9.17, 15) is 18.0 Å². The molecule has 208 valence electrons. The van der Waals surface area contributed by atoms with Crippen LogP contribution in [0.2, 0.25) is 5.02 Å². The number of anilines is 1. The Kier molecular flexibility index (Phi) is 10.5. The third-order valence-corrected chi connectivity index (χ3v) is 8.63. The minimum Gasteiger partial charge on any atom is -0.352 e. The van der Waals surface area contributed by atoms with Crippen LogP contribution in [-0.4, -0.2) is 43.8 Å². The number of halogens is 1. The zero-order chi connectivity index (χ0) is 28.6. The lowest BCUT2D eigenvalue weighted by atomic mass is 10.1. The Morgan fingerprint density at radius 1 is 0.923 bits per heavy atom. The zero-order valence-electron chi connectivity index (χ0n) is 22.8. The van der Waals surface area contributed by atoms with Crippen LogP contribution in [0.15, 0.2) is 83.8 Å². The molecule has 7 nitrogen and oxygen atoms in total. The summed E-state index contributed by atoms with van der Waals surface area (Å²) in [6.07, 6.45) is 1.11. The van der Waals surface area contributed by atoms with Crippen LogP contribution in [0.4, 0.5) is 5.69 Å². The molecule has 3 rings (SSSR count). The van der Waals surface area contributed by atoms with Crippen LogP contribution in [0.25, 0.3) is 0 Å². The molecule has 0 spiro atoms. The van der Waals surface area contributed by atoms with Gasteiger partial charge in [0.25, 0.3) is 10.0 Å². The van der Waals surface area contributed by atoms with Crippen molar-refractivity contribution in [2.45, 2.75) is 64.1 Å². The minimum atomic E-state index is -4.12. The molecule has 3 aromatic rings.